The van der Waals surface area contributed by atoms with Crippen molar-refractivity contribution in [2.75, 3.05) is 45.8 Å². The summed E-state index contributed by atoms with van der Waals surface area (Å²) in [7, 11) is 0. The molecule has 20 heavy (non-hydrogen) atoms. The van der Waals surface area contributed by atoms with Gasteiger partial charge >= 0.3 is 18.2 Å². The van der Waals surface area contributed by atoms with E-state index in [1.165, 1.54) is 14.7 Å². The predicted octanol–water partition coefficient (Wildman–Crippen LogP) is 0.303. The Morgan fingerprint density at radius 2 is 1.60 bits per heavy atom. The van der Waals surface area contributed by atoms with Crippen molar-refractivity contribution in [2.45, 2.75) is 6.18 Å². The quantitative estimate of drug-likeness (QED) is 0.796. The topological polar surface area (TPSA) is 64.1 Å². The van der Waals surface area contributed by atoms with Crippen LogP contribution in [0.3, 0.4) is 0 Å². The van der Waals surface area contributed by atoms with E-state index in [1.807, 2.05) is 0 Å². The van der Waals surface area contributed by atoms with Crippen LogP contribution < -0.4 is 0 Å². The van der Waals surface area contributed by atoms with Gasteiger partial charge < -0.3 is 14.9 Å². The van der Waals surface area contributed by atoms with Crippen LogP contribution in [0.5, 0.6) is 0 Å². The number of likely N-dealkylation sites (tertiary alicyclic amines) is 1. The summed E-state index contributed by atoms with van der Waals surface area (Å²) >= 11 is 0. The summed E-state index contributed by atoms with van der Waals surface area (Å²) in [6.07, 6.45) is -4.22. The third-order valence-corrected chi connectivity index (χ3v) is 3.55. The summed E-state index contributed by atoms with van der Waals surface area (Å²) in [5.41, 5.74) is 0. The van der Waals surface area contributed by atoms with Crippen molar-refractivity contribution in [3.63, 3.8) is 0 Å². The maximum absolute atomic E-state index is 12.2. The van der Waals surface area contributed by atoms with E-state index in [4.69, 9.17) is 5.11 Å². The van der Waals surface area contributed by atoms with Gasteiger partial charge in [0.1, 0.15) is 0 Å². The molecule has 0 aromatic heterocycles. The number of hydrogen-bond acceptors (Lipinski definition) is 3. The normalized spacial score (nSPS) is 21.8. The highest BCUT2D eigenvalue weighted by molar-refractivity contribution is 5.79. The highest BCUT2D eigenvalue weighted by Gasteiger charge is 2.39. The molecule has 2 aliphatic rings. The number of nitrogens with zero attached hydrogens (tertiary/aromatic N) is 3. The second-order valence-corrected chi connectivity index (χ2v) is 5.10. The average molecular weight is 295 g/mol. The molecule has 2 rings (SSSR count). The number of urea groups is 1. The van der Waals surface area contributed by atoms with Crippen LogP contribution in [0.15, 0.2) is 0 Å². The van der Waals surface area contributed by atoms with Gasteiger partial charge in [0.2, 0.25) is 0 Å². The molecule has 2 amide bonds. The summed E-state index contributed by atoms with van der Waals surface area (Å²) in [6, 6.07) is -0.283. The van der Waals surface area contributed by atoms with Crippen molar-refractivity contribution in [2.24, 2.45) is 5.92 Å². The van der Waals surface area contributed by atoms with Crippen LogP contribution in [0.25, 0.3) is 0 Å². The van der Waals surface area contributed by atoms with Crippen LogP contribution >= 0.6 is 0 Å². The first-order chi connectivity index (χ1) is 9.26. The van der Waals surface area contributed by atoms with E-state index in [-0.39, 0.29) is 45.3 Å². The molecule has 2 heterocycles. The molecule has 0 radical (unpaired) electrons. The van der Waals surface area contributed by atoms with Gasteiger partial charge in [-0.1, -0.05) is 0 Å². The Hall–Kier alpha value is -1.51. The van der Waals surface area contributed by atoms with Crippen molar-refractivity contribution in [1.29, 1.82) is 0 Å². The van der Waals surface area contributed by atoms with Crippen molar-refractivity contribution >= 4 is 12.0 Å². The molecule has 0 aliphatic carbocycles. The molecular weight excluding hydrogens is 279 g/mol. The standard InChI is InChI=1S/C11H16F3N3O3/c12-11(13,14)7-15-1-3-16(4-2-15)10(20)17-5-8(6-17)9(18)19/h8H,1-7H2,(H,18,19). The summed E-state index contributed by atoms with van der Waals surface area (Å²) < 4.78 is 36.7. The highest BCUT2D eigenvalue weighted by Crippen LogP contribution is 2.20. The molecule has 0 bridgehead atoms. The fourth-order valence-corrected chi connectivity index (χ4v) is 2.34. The molecule has 9 heteroatoms. The molecule has 0 saturated carbocycles. The van der Waals surface area contributed by atoms with Crippen LogP contribution in [-0.4, -0.2) is 83.8 Å². The lowest BCUT2D eigenvalue weighted by Crippen LogP contribution is -2.60. The predicted molar refractivity (Wildman–Crippen MR) is 62.2 cm³/mol. The van der Waals surface area contributed by atoms with Crippen molar-refractivity contribution < 1.29 is 27.9 Å². The zero-order chi connectivity index (χ0) is 14.9. The van der Waals surface area contributed by atoms with Gasteiger partial charge in [0.15, 0.2) is 0 Å². The van der Waals surface area contributed by atoms with Crippen LogP contribution in [0.2, 0.25) is 0 Å². The van der Waals surface area contributed by atoms with Gasteiger partial charge in [-0.2, -0.15) is 13.2 Å². The Balaban J connectivity index is 1.74. The molecule has 2 aliphatic heterocycles. The summed E-state index contributed by atoms with van der Waals surface area (Å²) in [5.74, 6) is -1.45. The number of carboxylic acids is 1. The largest absolute Gasteiger partial charge is 0.481 e. The average Bonchev–Trinajstić information content (AvgIpc) is 2.24. The Kier molecular flexibility index (Phi) is 4.07. The van der Waals surface area contributed by atoms with E-state index in [2.05, 4.69) is 0 Å². The minimum absolute atomic E-state index is 0.178. The first-order valence-corrected chi connectivity index (χ1v) is 6.32. The number of amides is 2. The lowest BCUT2D eigenvalue weighted by Gasteiger charge is -2.42. The van der Waals surface area contributed by atoms with Gasteiger partial charge in [-0.3, -0.25) is 9.69 Å². The first kappa shape index (κ1) is 14.9. The lowest BCUT2D eigenvalue weighted by molar-refractivity contribution is -0.148. The van der Waals surface area contributed by atoms with E-state index >= 15 is 0 Å². The van der Waals surface area contributed by atoms with E-state index in [0.29, 0.717) is 0 Å². The van der Waals surface area contributed by atoms with Gasteiger partial charge in [0, 0.05) is 39.3 Å². The fraction of sp³-hybridized carbons (Fsp3) is 0.818. The molecule has 6 nitrogen and oxygen atoms in total. The highest BCUT2D eigenvalue weighted by atomic mass is 19.4. The molecule has 0 aromatic rings. The molecule has 0 aromatic carbocycles. The number of carbonyl (C=O) groups is 2. The van der Waals surface area contributed by atoms with E-state index < -0.39 is 24.6 Å². The van der Waals surface area contributed by atoms with Gasteiger partial charge in [-0.25, -0.2) is 4.79 Å². The molecule has 114 valence electrons. The van der Waals surface area contributed by atoms with Crippen LogP contribution in [-0.2, 0) is 4.79 Å². The van der Waals surface area contributed by atoms with E-state index in [9.17, 15) is 22.8 Å². The van der Waals surface area contributed by atoms with Crippen molar-refractivity contribution in [3.05, 3.63) is 0 Å². The van der Waals surface area contributed by atoms with Crippen LogP contribution in [0.4, 0.5) is 18.0 Å². The van der Waals surface area contributed by atoms with Crippen molar-refractivity contribution in [1.82, 2.24) is 14.7 Å². The van der Waals surface area contributed by atoms with E-state index in [1.54, 1.807) is 0 Å². The summed E-state index contributed by atoms with van der Waals surface area (Å²) in [5, 5.41) is 8.72. The minimum Gasteiger partial charge on any atom is -0.481 e. The van der Waals surface area contributed by atoms with Gasteiger partial charge in [-0.05, 0) is 0 Å². The maximum Gasteiger partial charge on any atom is 0.401 e. The number of carbonyl (C=O) groups excluding carboxylic acids is 1. The van der Waals surface area contributed by atoms with Crippen LogP contribution in [0.1, 0.15) is 0 Å². The zero-order valence-electron chi connectivity index (χ0n) is 10.8. The number of aliphatic carboxylic acids is 1. The Labute approximate surface area is 113 Å². The number of alkyl halides is 3. The third kappa shape index (κ3) is 3.53. The van der Waals surface area contributed by atoms with Crippen molar-refractivity contribution in [3.8, 4) is 0 Å². The second kappa shape index (κ2) is 5.47. The minimum atomic E-state index is -4.22. The third-order valence-electron chi connectivity index (χ3n) is 3.55. The number of halogens is 3. The van der Waals surface area contributed by atoms with Gasteiger partial charge in [0.05, 0.1) is 12.5 Å². The number of piperazine rings is 1. The number of carboxylic acid groups (broad SMARTS) is 1. The molecular formula is C11H16F3N3O3. The Morgan fingerprint density at radius 1 is 1.05 bits per heavy atom. The number of hydrogen-bond donors (Lipinski definition) is 1. The first-order valence-electron chi connectivity index (χ1n) is 6.32. The molecule has 0 spiro atoms. The zero-order valence-corrected chi connectivity index (χ0v) is 10.8. The molecule has 2 fully saturated rings. The van der Waals surface area contributed by atoms with Gasteiger partial charge in [-0.15, -0.1) is 0 Å². The summed E-state index contributed by atoms with van der Waals surface area (Å²) in [4.78, 5) is 26.8. The molecule has 0 atom stereocenters. The smallest absolute Gasteiger partial charge is 0.401 e. The SMILES string of the molecule is O=C(O)C1CN(C(=O)N2CCN(CC(F)(F)F)CC2)C1. The number of rotatable bonds is 2. The van der Waals surface area contributed by atoms with Crippen LogP contribution in [0, 0.1) is 5.92 Å². The second-order valence-electron chi connectivity index (χ2n) is 5.10. The molecule has 2 saturated heterocycles. The molecule has 1 N–H and O–H groups in total. The van der Waals surface area contributed by atoms with Gasteiger partial charge in [0.25, 0.3) is 0 Å². The Morgan fingerprint density at radius 3 is 2.05 bits per heavy atom. The monoisotopic (exact) mass is 295 g/mol. The Bertz CT molecular complexity index is 388. The summed E-state index contributed by atoms with van der Waals surface area (Å²) in [6.45, 7) is 0.239. The maximum atomic E-state index is 12.2. The lowest BCUT2D eigenvalue weighted by atomic mass is 10.0. The van der Waals surface area contributed by atoms with E-state index in [0.717, 1.165) is 0 Å². The fourth-order valence-electron chi connectivity index (χ4n) is 2.34. The molecule has 0 unspecified atom stereocenters.